The van der Waals surface area contributed by atoms with Crippen LogP contribution in [0.25, 0.3) is 16.9 Å². The first-order valence-electron chi connectivity index (χ1n) is 11.8. The van der Waals surface area contributed by atoms with E-state index < -0.39 is 0 Å². The van der Waals surface area contributed by atoms with Gasteiger partial charge in [0.25, 0.3) is 5.91 Å². The molecule has 0 aromatic carbocycles. The lowest BCUT2D eigenvalue weighted by Crippen LogP contribution is -2.31. The minimum Gasteiger partial charge on any atom is -0.338 e. The largest absolute Gasteiger partial charge is 0.338 e. The minimum atomic E-state index is 0.0997. The molecule has 1 saturated heterocycles. The summed E-state index contributed by atoms with van der Waals surface area (Å²) in [6, 6.07) is 2.11. The molecule has 34 heavy (non-hydrogen) atoms. The zero-order chi connectivity index (χ0) is 23.7. The third-order valence-electron chi connectivity index (χ3n) is 6.29. The maximum atomic E-state index is 13.3. The van der Waals surface area contributed by atoms with Crippen LogP contribution < -0.4 is 5.32 Å². The lowest BCUT2D eigenvalue weighted by molar-refractivity contribution is 0.0776. The second-order valence-corrected chi connectivity index (χ2v) is 9.66. The number of aromatic amines is 1. The molecule has 4 aromatic rings. The zero-order valence-electron chi connectivity index (χ0n) is 19.8. The molecule has 1 aliphatic heterocycles. The summed E-state index contributed by atoms with van der Waals surface area (Å²) in [5.74, 6) is 0.771. The third kappa shape index (κ3) is 4.30. The Morgan fingerprint density at radius 1 is 1.24 bits per heavy atom. The van der Waals surface area contributed by atoms with Gasteiger partial charge in [-0.15, -0.1) is 11.3 Å². The van der Waals surface area contributed by atoms with Gasteiger partial charge >= 0.3 is 0 Å². The Morgan fingerprint density at radius 2 is 2.03 bits per heavy atom. The van der Waals surface area contributed by atoms with Crippen molar-refractivity contribution in [1.82, 2.24) is 34.4 Å². The number of H-pyrrole nitrogens is 1. The predicted octanol–water partition coefficient (Wildman–Crippen LogP) is 4.31. The van der Waals surface area contributed by atoms with Gasteiger partial charge in [-0.25, -0.2) is 9.97 Å². The van der Waals surface area contributed by atoms with E-state index in [1.54, 1.807) is 6.20 Å². The maximum absolute atomic E-state index is 13.3. The number of nitrogens with zero attached hydrogens (tertiary/aromatic N) is 6. The number of fused-ring (bicyclic) bond motifs is 1. The van der Waals surface area contributed by atoms with Gasteiger partial charge in [-0.3, -0.25) is 19.2 Å². The van der Waals surface area contributed by atoms with Crippen LogP contribution in [0.5, 0.6) is 0 Å². The van der Waals surface area contributed by atoms with Crippen molar-refractivity contribution < 1.29 is 4.79 Å². The Hall–Kier alpha value is -3.24. The molecule has 5 rings (SSSR count). The van der Waals surface area contributed by atoms with Gasteiger partial charge in [0.2, 0.25) is 0 Å². The van der Waals surface area contributed by atoms with E-state index in [-0.39, 0.29) is 5.91 Å². The fraction of sp³-hybridized carbons (Fsp3) is 0.417. The number of hydrogen-bond donors (Lipinski definition) is 2. The van der Waals surface area contributed by atoms with Crippen molar-refractivity contribution in [3.8, 4) is 11.3 Å². The number of rotatable bonds is 8. The van der Waals surface area contributed by atoms with E-state index in [2.05, 4.69) is 31.5 Å². The molecule has 9 nitrogen and oxygen atoms in total. The van der Waals surface area contributed by atoms with E-state index in [1.165, 1.54) is 24.2 Å². The number of anilines is 2. The summed E-state index contributed by atoms with van der Waals surface area (Å²) < 4.78 is 2.02. The highest BCUT2D eigenvalue weighted by Gasteiger charge is 2.24. The number of hydrogen-bond acceptors (Lipinski definition) is 7. The molecule has 0 atom stereocenters. The molecule has 5 heterocycles. The minimum absolute atomic E-state index is 0.0997. The Balaban J connectivity index is 1.51. The highest BCUT2D eigenvalue weighted by molar-refractivity contribution is 7.18. The van der Waals surface area contributed by atoms with Crippen LogP contribution in [0.2, 0.25) is 0 Å². The number of aromatic nitrogens is 5. The summed E-state index contributed by atoms with van der Waals surface area (Å²) in [6.45, 7) is 10.4. The predicted molar refractivity (Wildman–Crippen MR) is 135 cm³/mol. The molecular formula is C24H30N8OS. The number of thiophene rings is 1. The first-order valence-corrected chi connectivity index (χ1v) is 12.6. The SMILES string of the molecule is CCN(CC)C(=O)c1sc(Nc2nc(C)cn3c(-c4cn[nH]c4)cnc23)cc1CN1CCCC1. The first kappa shape index (κ1) is 22.5. The second kappa shape index (κ2) is 9.55. The number of aryl methyl sites for hydroxylation is 1. The summed E-state index contributed by atoms with van der Waals surface area (Å²) in [4.78, 5) is 27.8. The first-order chi connectivity index (χ1) is 16.6. The molecule has 4 aromatic heterocycles. The van der Waals surface area contributed by atoms with Gasteiger partial charge in [0.15, 0.2) is 11.5 Å². The van der Waals surface area contributed by atoms with Crippen LogP contribution in [0, 0.1) is 6.92 Å². The van der Waals surface area contributed by atoms with Crippen molar-refractivity contribution in [2.75, 3.05) is 31.5 Å². The average molecular weight is 479 g/mol. The highest BCUT2D eigenvalue weighted by Crippen LogP contribution is 2.33. The molecule has 0 saturated carbocycles. The van der Waals surface area contributed by atoms with E-state index in [9.17, 15) is 4.79 Å². The Kier molecular flexibility index (Phi) is 6.34. The Bertz CT molecular complexity index is 1280. The molecule has 0 unspecified atom stereocenters. The van der Waals surface area contributed by atoms with Gasteiger partial charge in [-0.1, -0.05) is 0 Å². The monoisotopic (exact) mass is 478 g/mol. The summed E-state index contributed by atoms with van der Waals surface area (Å²) in [5, 5.41) is 11.3. The van der Waals surface area contributed by atoms with Crippen molar-refractivity contribution in [2.24, 2.45) is 0 Å². The number of amides is 1. The molecular weight excluding hydrogens is 448 g/mol. The maximum Gasteiger partial charge on any atom is 0.264 e. The van der Waals surface area contributed by atoms with E-state index in [1.807, 2.05) is 48.7 Å². The van der Waals surface area contributed by atoms with Crippen LogP contribution in [-0.2, 0) is 6.54 Å². The summed E-state index contributed by atoms with van der Waals surface area (Å²) in [6.07, 6.45) is 9.87. The van der Waals surface area contributed by atoms with Crippen molar-refractivity contribution in [1.29, 1.82) is 0 Å². The van der Waals surface area contributed by atoms with Crippen molar-refractivity contribution in [3.63, 3.8) is 0 Å². The molecule has 178 valence electrons. The van der Waals surface area contributed by atoms with Crippen LogP contribution in [0.4, 0.5) is 10.8 Å². The molecule has 0 spiro atoms. The molecule has 0 bridgehead atoms. The van der Waals surface area contributed by atoms with Crippen LogP contribution in [0.3, 0.4) is 0 Å². The lowest BCUT2D eigenvalue weighted by atomic mass is 10.2. The van der Waals surface area contributed by atoms with Gasteiger partial charge in [0.1, 0.15) is 0 Å². The molecule has 1 aliphatic rings. The normalized spacial score (nSPS) is 14.2. The van der Waals surface area contributed by atoms with Crippen molar-refractivity contribution in [3.05, 3.63) is 47.0 Å². The molecule has 10 heteroatoms. The van der Waals surface area contributed by atoms with E-state index in [4.69, 9.17) is 4.98 Å². The van der Waals surface area contributed by atoms with Crippen LogP contribution in [0.1, 0.15) is 47.6 Å². The Labute approximate surface area is 202 Å². The fourth-order valence-corrected chi connectivity index (χ4v) is 5.58. The van der Waals surface area contributed by atoms with E-state index in [0.29, 0.717) is 18.9 Å². The number of imidazole rings is 1. The third-order valence-corrected chi connectivity index (χ3v) is 7.38. The van der Waals surface area contributed by atoms with Gasteiger partial charge in [0, 0.05) is 37.6 Å². The average Bonchev–Trinajstić information content (AvgIpc) is 3.62. The highest BCUT2D eigenvalue weighted by atomic mass is 32.1. The summed E-state index contributed by atoms with van der Waals surface area (Å²) in [5.41, 5.74) is 4.58. The smallest absolute Gasteiger partial charge is 0.264 e. The Morgan fingerprint density at radius 3 is 2.74 bits per heavy atom. The second-order valence-electron chi connectivity index (χ2n) is 8.61. The van der Waals surface area contributed by atoms with E-state index >= 15 is 0 Å². The van der Waals surface area contributed by atoms with Crippen LogP contribution >= 0.6 is 11.3 Å². The number of likely N-dealkylation sites (tertiary alicyclic amines) is 1. The molecule has 1 amide bonds. The zero-order valence-corrected chi connectivity index (χ0v) is 20.7. The van der Waals surface area contributed by atoms with Crippen LogP contribution in [0.15, 0.2) is 30.9 Å². The fourth-order valence-electron chi connectivity index (χ4n) is 4.54. The molecule has 1 fully saturated rings. The number of nitrogens with one attached hydrogen (secondary N) is 2. The summed E-state index contributed by atoms with van der Waals surface area (Å²) >= 11 is 1.50. The van der Waals surface area contributed by atoms with Gasteiger partial charge in [-0.05, 0) is 58.3 Å². The lowest BCUT2D eigenvalue weighted by Gasteiger charge is -2.20. The standard InChI is InChI=1S/C24H30N8OS/c1-4-31(5-2)24(33)21-17(15-30-8-6-7-9-30)10-20(34-21)29-22-23-25-13-19(18-11-26-27-12-18)32(23)14-16(3)28-22/h10-14H,4-9,15H2,1-3H3,(H,26,27)(H,28,29). The molecule has 0 radical (unpaired) electrons. The van der Waals surface area contributed by atoms with Crippen molar-refractivity contribution >= 4 is 33.7 Å². The van der Waals surface area contributed by atoms with Crippen molar-refractivity contribution in [2.45, 2.75) is 40.2 Å². The molecule has 0 aliphatic carbocycles. The number of carbonyl (C=O) groups excluding carboxylic acids is 1. The quantitative estimate of drug-likeness (QED) is 0.392. The van der Waals surface area contributed by atoms with Gasteiger partial charge < -0.3 is 10.2 Å². The number of carbonyl (C=O) groups is 1. The van der Waals surface area contributed by atoms with E-state index in [0.717, 1.165) is 57.7 Å². The molecule has 2 N–H and O–H groups in total. The van der Waals surface area contributed by atoms with Crippen LogP contribution in [-0.4, -0.2) is 66.5 Å². The topological polar surface area (TPSA) is 94.4 Å². The summed E-state index contributed by atoms with van der Waals surface area (Å²) in [7, 11) is 0. The van der Waals surface area contributed by atoms with Gasteiger partial charge in [-0.2, -0.15) is 5.10 Å². The van der Waals surface area contributed by atoms with Gasteiger partial charge in [0.05, 0.1) is 33.7 Å².